The summed E-state index contributed by atoms with van der Waals surface area (Å²) < 4.78 is 21.7. The maximum absolute atomic E-state index is 11.0. The molecule has 0 saturated carbocycles. The average molecular weight is 504 g/mol. The molecule has 10 atom stereocenters. The summed E-state index contributed by atoms with van der Waals surface area (Å²) >= 11 is 0. The quantitative estimate of drug-likeness (QED) is 0.154. The lowest BCUT2D eigenvalue weighted by Gasteiger charge is -2.40. The number of carboxylic acids is 1. The van der Waals surface area contributed by atoms with E-state index in [1.807, 2.05) is 0 Å². The van der Waals surface area contributed by atoms with Gasteiger partial charge >= 0.3 is 5.97 Å². The second-order valence-corrected chi connectivity index (χ2v) is 8.00. The Kier molecular flexibility index (Phi) is 9.00. The van der Waals surface area contributed by atoms with E-state index < -0.39 is 80.6 Å². The van der Waals surface area contributed by atoms with Crippen LogP contribution in [0.25, 0.3) is 6.08 Å². The molecule has 2 fully saturated rings. The molecule has 0 bridgehead atoms. The lowest BCUT2D eigenvalue weighted by atomic mass is 9.99. The molecule has 14 nitrogen and oxygen atoms in total. The molecule has 2 heterocycles. The fourth-order valence-corrected chi connectivity index (χ4v) is 3.58. The van der Waals surface area contributed by atoms with Crippen molar-refractivity contribution < 1.29 is 69.7 Å². The van der Waals surface area contributed by atoms with Crippen molar-refractivity contribution in [2.75, 3.05) is 13.2 Å². The predicted octanol–water partition coefficient (Wildman–Crippen LogP) is -3.86. The van der Waals surface area contributed by atoms with Crippen molar-refractivity contribution in [3.05, 3.63) is 29.8 Å². The average Bonchev–Trinajstić information content (AvgIpc) is 2.84. The number of benzene rings is 1. The minimum absolute atomic E-state index is 0.0404. The van der Waals surface area contributed by atoms with Gasteiger partial charge in [0.05, 0.1) is 13.2 Å². The number of rotatable bonds is 8. The highest BCUT2D eigenvalue weighted by molar-refractivity contribution is 5.86. The fraction of sp³-hybridized carbons (Fsp3) is 0.571. The Bertz CT molecular complexity index is 889. The van der Waals surface area contributed by atoms with Gasteiger partial charge in [-0.3, -0.25) is 0 Å². The van der Waals surface area contributed by atoms with Crippen molar-refractivity contribution in [2.45, 2.75) is 61.4 Å². The van der Waals surface area contributed by atoms with Crippen LogP contribution in [0.3, 0.4) is 0 Å². The lowest BCUT2D eigenvalue weighted by molar-refractivity contribution is -0.278. The Morgan fingerprint density at radius 2 is 1.31 bits per heavy atom. The maximum atomic E-state index is 11.0. The summed E-state index contributed by atoms with van der Waals surface area (Å²) in [4.78, 5) is 11.0. The monoisotopic (exact) mass is 504 g/mol. The summed E-state index contributed by atoms with van der Waals surface area (Å²) in [5.74, 6) is -1.44. The zero-order valence-corrected chi connectivity index (χ0v) is 18.1. The van der Waals surface area contributed by atoms with Crippen LogP contribution in [-0.4, -0.2) is 127 Å². The van der Waals surface area contributed by atoms with Crippen molar-refractivity contribution in [1.82, 2.24) is 0 Å². The Labute approximate surface area is 198 Å². The van der Waals surface area contributed by atoms with Crippen molar-refractivity contribution in [3.8, 4) is 11.5 Å². The van der Waals surface area contributed by atoms with Crippen LogP contribution < -0.4 is 9.47 Å². The van der Waals surface area contributed by atoms with Crippen LogP contribution in [0.15, 0.2) is 24.3 Å². The molecule has 2 aliphatic heterocycles. The van der Waals surface area contributed by atoms with Crippen molar-refractivity contribution in [1.29, 1.82) is 0 Å². The van der Waals surface area contributed by atoms with E-state index in [1.54, 1.807) is 0 Å². The molecule has 0 amide bonds. The number of carbonyl (C=O) groups is 1. The molecule has 0 aliphatic carbocycles. The highest BCUT2D eigenvalue weighted by Crippen LogP contribution is 2.32. The topological polar surface area (TPSA) is 236 Å². The minimum Gasteiger partial charge on any atom is -0.478 e. The molecule has 196 valence electrons. The molecule has 1 aromatic carbocycles. The van der Waals surface area contributed by atoms with Gasteiger partial charge in [-0.05, 0) is 18.2 Å². The van der Waals surface area contributed by atoms with Crippen LogP contribution in [0.4, 0.5) is 0 Å². The van der Waals surface area contributed by atoms with Crippen LogP contribution in [0.1, 0.15) is 5.56 Å². The third-order valence-corrected chi connectivity index (χ3v) is 5.58. The normalized spacial score (nSPS) is 37.8. The van der Waals surface area contributed by atoms with Crippen molar-refractivity contribution >= 4 is 12.0 Å². The number of hydrogen-bond acceptors (Lipinski definition) is 13. The molecule has 3 rings (SSSR count). The van der Waals surface area contributed by atoms with Crippen LogP contribution in [-0.2, 0) is 14.3 Å². The van der Waals surface area contributed by atoms with E-state index in [-0.39, 0.29) is 17.1 Å². The summed E-state index contributed by atoms with van der Waals surface area (Å²) in [6.45, 7) is -1.37. The Balaban J connectivity index is 1.87. The van der Waals surface area contributed by atoms with Gasteiger partial charge in [0.2, 0.25) is 12.6 Å². The van der Waals surface area contributed by atoms with Gasteiger partial charge in [-0.2, -0.15) is 0 Å². The maximum Gasteiger partial charge on any atom is 0.328 e. The summed E-state index contributed by atoms with van der Waals surface area (Å²) in [6.07, 6.45) is -13.7. The Morgan fingerprint density at radius 3 is 1.80 bits per heavy atom. The largest absolute Gasteiger partial charge is 0.478 e. The summed E-state index contributed by atoms with van der Waals surface area (Å²) in [5.41, 5.74) is 0.158. The standard InChI is InChI=1S/C21H28O14/c22-6-11-14(26)16(28)18(30)20(34-11)32-9-3-1-8(2-4-13(24)25)10(5-9)33-21-19(31)17(29)15(27)12(7-23)35-21/h1-5,11-12,14-23,26-31H,6-7H2,(H,24,25)/b4-2-/t11-,12-,14-,15-,16+,17+,18-,19-,20?,21?/m1/s1. The third-order valence-electron chi connectivity index (χ3n) is 5.58. The molecule has 9 N–H and O–H groups in total. The Morgan fingerprint density at radius 1 is 0.800 bits per heavy atom. The van der Waals surface area contributed by atoms with Gasteiger partial charge in [0.25, 0.3) is 0 Å². The molecule has 14 heteroatoms. The molecule has 2 unspecified atom stereocenters. The molecule has 2 aliphatic rings. The first-order valence-corrected chi connectivity index (χ1v) is 10.6. The Hall–Kier alpha value is -2.37. The van der Waals surface area contributed by atoms with Crippen molar-refractivity contribution in [3.63, 3.8) is 0 Å². The van der Waals surface area contributed by atoms with E-state index in [1.165, 1.54) is 18.2 Å². The second-order valence-electron chi connectivity index (χ2n) is 8.00. The van der Waals surface area contributed by atoms with Gasteiger partial charge in [-0.1, -0.05) is 0 Å². The number of carboxylic acid groups (broad SMARTS) is 1. The highest BCUT2D eigenvalue weighted by atomic mass is 16.7. The summed E-state index contributed by atoms with van der Waals surface area (Å²) in [7, 11) is 0. The minimum atomic E-state index is -1.75. The number of aliphatic carboxylic acids is 1. The molecule has 1 aromatic rings. The number of ether oxygens (including phenoxy) is 4. The SMILES string of the molecule is O=C(O)/C=C\c1ccc(OC2O[C@H](CO)[C@@H](O)[C@H](O)[C@H]2O)cc1OC1O[C@H](CO)[C@@H](O)[C@H](O)[C@H]1O. The summed E-state index contributed by atoms with van der Waals surface area (Å²) in [6, 6.07) is 3.88. The number of hydrogen-bond donors (Lipinski definition) is 9. The zero-order chi connectivity index (χ0) is 25.9. The van der Waals surface area contributed by atoms with Gasteiger partial charge in [0, 0.05) is 17.7 Å². The van der Waals surface area contributed by atoms with Crippen molar-refractivity contribution in [2.24, 2.45) is 0 Å². The molecule has 0 radical (unpaired) electrons. The van der Waals surface area contributed by atoms with E-state index in [0.29, 0.717) is 0 Å². The van der Waals surface area contributed by atoms with E-state index in [0.717, 1.165) is 12.2 Å². The molecule has 0 aromatic heterocycles. The smallest absolute Gasteiger partial charge is 0.328 e. The predicted molar refractivity (Wildman–Crippen MR) is 112 cm³/mol. The molecule has 0 spiro atoms. The fourth-order valence-electron chi connectivity index (χ4n) is 3.58. The van der Waals surface area contributed by atoms with E-state index in [4.69, 9.17) is 24.1 Å². The molecular weight excluding hydrogens is 476 g/mol. The molecule has 35 heavy (non-hydrogen) atoms. The van der Waals surface area contributed by atoms with E-state index in [9.17, 15) is 45.6 Å². The first-order valence-electron chi connectivity index (χ1n) is 10.6. The third kappa shape index (κ3) is 6.07. The van der Waals surface area contributed by atoms with Crippen LogP contribution in [0, 0.1) is 0 Å². The van der Waals surface area contributed by atoms with Gasteiger partial charge in [-0.25, -0.2) is 4.79 Å². The van der Waals surface area contributed by atoms with E-state index >= 15 is 0 Å². The van der Waals surface area contributed by atoms with Gasteiger partial charge in [0.1, 0.15) is 60.3 Å². The number of aliphatic hydroxyl groups excluding tert-OH is 8. The van der Waals surface area contributed by atoms with Crippen LogP contribution in [0.5, 0.6) is 11.5 Å². The first kappa shape index (κ1) is 27.2. The summed E-state index contributed by atoms with van der Waals surface area (Å²) in [5, 5.41) is 87.8. The van der Waals surface area contributed by atoms with Crippen LogP contribution >= 0.6 is 0 Å². The second kappa shape index (κ2) is 11.6. The molecular formula is C21H28O14. The van der Waals surface area contributed by atoms with Gasteiger partial charge in [-0.15, -0.1) is 0 Å². The van der Waals surface area contributed by atoms with E-state index in [2.05, 4.69) is 0 Å². The highest BCUT2D eigenvalue weighted by Gasteiger charge is 2.46. The van der Waals surface area contributed by atoms with Crippen LogP contribution in [0.2, 0.25) is 0 Å². The number of aliphatic hydroxyl groups is 8. The first-order chi connectivity index (χ1) is 16.6. The van der Waals surface area contributed by atoms with Gasteiger partial charge < -0.3 is 64.9 Å². The van der Waals surface area contributed by atoms with Gasteiger partial charge in [0.15, 0.2) is 0 Å². The zero-order valence-electron chi connectivity index (χ0n) is 18.1. The molecule has 2 saturated heterocycles. The lowest BCUT2D eigenvalue weighted by Crippen LogP contribution is -2.60.